The van der Waals surface area contributed by atoms with Gasteiger partial charge in [-0.05, 0) is 111 Å². The average Bonchev–Trinajstić information content (AvgIpc) is 3.33. The molecule has 10 heteroatoms. The highest BCUT2D eigenvalue weighted by atomic mass is 127. The molecule has 0 amide bonds. The van der Waals surface area contributed by atoms with E-state index in [-0.39, 0.29) is 12.2 Å². The minimum Gasteiger partial charge on any atom is -0.496 e. The summed E-state index contributed by atoms with van der Waals surface area (Å²) in [5.74, 6) is 0.907. The number of allylic oxidation sites excluding steroid dienone is 1. The Hall–Kier alpha value is -3.49. The Morgan fingerprint density at radius 3 is 2.51 bits per heavy atom. The third-order valence-electron chi connectivity index (χ3n) is 7.51. The first-order chi connectivity index (χ1) is 21.8. The molecule has 0 bridgehead atoms. The van der Waals surface area contributed by atoms with Gasteiger partial charge in [0.1, 0.15) is 24.1 Å². The molecule has 1 aromatic heterocycles. The lowest BCUT2D eigenvalue weighted by Gasteiger charge is -2.27. The summed E-state index contributed by atoms with van der Waals surface area (Å²) in [6.07, 6.45) is 1.86. The number of ether oxygens (including phenoxy) is 3. The molecule has 1 aliphatic heterocycles. The summed E-state index contributed by atoms with van der Waals surface area (Å²) in [6.45, 7) is 4.18. The van der Waals surface area contributed by atoms with Crippen molar-refractivity contribution in [3.8, 4) is 11.5 Å². The molecule has 2 heterocycles. The van der Waals surface area contributed by atoms with Gasteiger partial charge in [0.25, 0.3) is 5.56 Å². The van der Waals surface area contributed by atoms with E-state index < -0.39 is 12.0 Å². The van der Waals surface area contributed by atoms with Crippen molar-refractivity contribution in [1.29, 1.82) is 0 Å². The lowest BCUT2D eigenvalue weighted by Crippen LogP contribution is -2.40. The van der Waals surface area contributed by atoms with E-state index in [0.29, 0.717) is 38.5 Å². The van der Waals surface area contributed by atoms with Crippen LogP contribution >= 0.6 is 56.5 Å². The first-order valence-electron chi connectivity index (χ1n) is 14.2. The number of methoxy groups -OCH3 is 1. The molecule has 0 spiro atoms. The van der Waals surface area contributed by atoms with E-state index in [1.54, 1.807) is 25.5 Å². The highest BCUT2D eigenvalue weighted by Crippen LogP contribution is 2.40. The number of fused-ring (bicyclic) bond motifs is 2. The molecular weight excluding hydrogens is 814 g/mol. The first-order valence-corrected chi connectivity index (χ1v) is 17.2. The fourth-order valence-electron chi connectivity index (χ4n) is 5.42. The van der Waals surface area contributed by atoms with E-state index in [2.05, 4.69) is 51.2 Å². The molecule has 0 saturated heterocycles. The molecule has 4 aromatic carbocycles. The lowest BCUT2D eigenvalue weighted by molar-refractivity contribution is -0.139. The fourth-order valence-corrected chi connectivity index (χ4v) is 8.22. The number of aromatic nitrogens is 1. The normalized spacial score (nSPS) is 14.7. The van der Waals surface area contributed by atoms with Gasteiger partial charge in [-0.25, -0.2) is 9.79 Å². The summed E-state index contributed by atoms with van der Waals surface area (Å²) in [5, 5.41) is 1.85. The van der Waals surface area contributed by atoms with Gasteiger partial charge in [0, 0.05) is 9.13 Å². The number of nitrogens with zero attached hydrogens (tertiary/aromatic N) is 2. The van der Waals surface area contributed by atoms with Gasteiger partial charge in [-0.1, -0.05) is 65.9 Å². The van der Waals surface area contributed by atoms with Crippen LogP contribution in [0.1, 0.15) is 36.6 Å². The zero-order valence-corrected chi connectivity index (χ0v) is 29.8. The van der Waals surface area contributed by atoms with E-state index in [4.69, 9.17) is 19.2 Å². The van der Waals surface area contributed by atoms with Gasteiger partial charge in [-0.3, -0.25) is 9.36 Å². The molecule has 5 aromatic rings. The Morgan fingerprint density at radius 2 is 1.78 bits per heavy atom. The van der Waals surface area contributed by atoms with Gasteiger partial charge in [0.05, 0.1) is 33.1 Å². The molecule has 1 aliphatic rings. The number of rotatable bonds is 8. The smallest absolute Gasteiger partial charge is 0.338 e. The van der Waals surface area contributed by atoms with Crippen LogP contribution in [0.5, 0.6) is 11.5 Å². The molecule has 1 atom stereocenters. The summed E-state index contributed by atoms with van der Waals surface area (Å²) < 4.78 is 21.7. The number of carbonyl (C=O) groups excluding carboxylic acids is 1. The van der Waals surface area contributed by atoms with Crippen LogP contribution in [0.15, 0.2) is 99.9 Å². The third kappa shape index (κ3) is 6.32. The van der Waals surface area contributed by atoms with Crippen molar-refractivity contribution in [2.45, 2.75) is 26.5 Å². The molecule has 0 unspecified atom stereocenters. The van der Waals surface area contributed by atoms with Crippen molar-refractivity contribution >= 4 is 79.3 Å². The Kier molecular flexibility index (Phi) is 9.43. The quantitative estimate of drug-likeness (QED) is 0.128. The zero-order valence-electron chi connectivity index (χ0n) is 24.7. The standard InChI is InChI=1S/C35H28I2N2O5S/c1-4-43-34(41)30-20(2)38-35-39(32(30)31-25-8-6-5-7-23(25)13-15-28(31)42-3)33(40)29(45-35)17-21-9-11-22(12-10-21)19-44-27-16-14-24(36)18-26(27)37/h5-18,32H,4,19H2,1-3H3/b29-17-/t32-/m1/s1. The maximum atomic E-state index is 14.2. The fraction of sp³-hybridized carbons (Fsp3) is 0.171. The van der Waals surface area contributed by atoms with Gasteiger partial charge in [-0.2, -0.15) is 0 Å². The number of hydrogen-bond acceptors (Lipinski definition) is 7. The molecule has 228 valence electrons. The topological polar surface area (TPSA) is 79.1 Å². The van der Waals surface area contributed by atoms with Crippen LogP contribution in [0.2, 0.25) is 0 Å². The maximum Gasteiger partial charge on any atom is 0.338 e. The summed E-state index contributed by atoms with van der Waals surface area (Å²) in [4.78, 5) is 32.9. The third-order valence-corrected chi connectivity index (χ3v) is 10.0. The molecule has 0 radical (unpaired) electrons. The van der Waals surface area contributed by atoms with Gasteiger partial charge in [-0.15, -0.1) is 0 Å². The molecule has 0 saturated carbocycles. The minimum absolute atomic E-state index is 0.199. The summed E-state index contributed by atoms with van der Waals surface area (Å²) in [7, 11) is 1.59. The van der Waals surface area contributed by atoms with E-state index in [1.165, 1.54) is 11.3 Å². The maximum absolute atomic E-state index is 14.2. The van der Waals surface area contributed by atoms with Crippen LogP contribution in [0.4, 0.5) is 0 Å². The molecule has 7 nitrogen and oxygen atoms in total. The number of hydrogen-bond donors (Lipinski definition) is 0. The predicted octanol–water partition coefficient (Wildman–Crippen LogP) is 6.75. The molecule has 45 heavy (non-hydrogen) atoms. The van der Waals surface area contributed by atoms with Crippen LogP contribution in [-0.4, -0.2) is 24.3 Å². The van der Waals surface area contributed by atoms with Crippen LogP contribution in [0, 0.1) is 7.14 Å². The van der Waals surface area contributed by atoms with Gasteiger partial charge < -0.3 is 14.2 Å². The van der Waals surface area contributed by atoms with Crippen molar-refractivity contribution in [2.75, 3.05) is 13.7 Å². The second-order valence-electron chi connectivity index (χ2n) is 10.3. The Bertz CT molecular complexity index is 2150. The van der Waals surface area contributed by atoms with E-state index in [0.717, 1.165) is 34.8 Å². The molecular formula is C35H28I2N2O5S. The number of thiazole rings is 1. The van der Waals surface area contributed by atoms with E-state index in [9.17, 15) is 9.59 Å². The second-order valence-corrected chi connectivity index (χ2v) is 13.7. The number of esters is 1. The van der Waals surface area contributed by atoms with Crippen LogP contribution in [0.3, 0.4) is 0 Å². The van der Waals surface area contributed by atoms with Crippen molar-refractivity contribution in [1.82, 2.24) is 4.57 Å². The number of benzene rings is 4. The molecule has 6 rings (SSSR count). The van der Waals surface area contributed by atoms with Crippen LogP contribution < -0.4 is 24.4 Å². The van der Waals surface area contributed by atoms with Crippen LogP contribution in [-0.2, 0) is 16.1 Å². The van der Waals surface area contributed by atoms with Gasteiger partial charge in [0.2, 0.25) is 0 Å². The minimum atomic E-state index is -0.785. The molecule has 0 N–H and O–H groups in total. The largest absolute Gasteiger partial charge is 0.496 e. The molecule has 0 aliphatic carbocycles. The number of halogens is 2. The number of carbonyl (C=O) groups is 1. The summed E-state index contributed by atoms with van der Waals surface area (Å²) >= 11 is 5.86. The average molecular weight is 842 g/mol. The first kappa shape index (κ1) is 31.5. The lowest BCUT2D eigenvalue weighted by atomic mass is 9.90. The Balaban J connectivity index is 1.42. The van der Waals surface area contributed by atoms with Crippen molar-refractivity contribution in [3.63, 3.8) is 0 Å². The zero-order chi connectivity index (χ0) is 31.7. The monoisotopic (exact) mass is 842 g/mol. The second kappa shape index (κ2) is 13.5. The highest BCUT2D eigenvalue weighted by Gasteiger charge is 2.36. The Labute approximate surface area is 291 Å². The van der Waals surface area contributed by atoms with Crippen LogP contribution in [0.25, 0.3) is 16.8 Å². The summed E-state index contributed by atoms with van der Waals surface area (Å²) in [5.41, 5.74) is 3.18. The SMILES string of the molecule is CCOC(=O)C1=C(C)N=c2s/c(=C\c3ccc(COc4ccc(I)cc4I)cc3)c(=O)n2[C@H]1c1c(OC)ccc2ccccc12. The summed E-state index contributed by atoms with van der Waals surface area (Å²) in [6, 6.07) is 24.9. The molecule has 0 fully saturated rings. The van der Waals surface area contributed by atoms with E-state index in [1.807, 2.05) is 78.9 Å². The van der Waals surface area contributed by atoms with Crippen molar-refractivity contribution in [2.24, 2.45) is 4.99 Å². The predicted molar refractivity (Wildman–Crippen MR) is 194 cm³/mol. The van der Waals surface area contributed by atoms with Gasteiger partial charge >= 0.3 is 5.97 Å². The van der Waals surface area contributed by atoms with Crippen molar-refractivity contribution in [3.05, 3.63) is 134 Å². The van der Waals surface area contributed by atoms with Gasteiger partial charge in [0.15, 0.2) is 4.80 Å². The highest BCUT2D eigenvalue weighted by molar-refractivity contribution is 14.1. The van der Waals surface area contributed by atoms with Crippen molar-refractivity contribution < 1.29 is 19.0 Å². The Morgan fingerprint density at radius 1 is 1.02 bits per heavy atom. The van der Waals surface area contributed by atoms with E-state index >= 15 is 0 Å².